The summed E-state index contributed by atoms with van der Waals surface area (Å²) in [7, 11) is 1.37. The second-order valence-corrected chi connectivity index (χ2v) is 6.64. The van der Waals surface area contributed by atoms with Gasteiger partial charge < -0.3 is 19.5 Å². The standard InChI is InChI=1S/C17H20N2O4S/c1-22-14(20)10-17(7-3-2-4-8-17)19-15(21)11-5-6-12-13(9-11)23-16(24)18-12/h5-6,9H,2-4,7-8,10H2,1H3,(H,18,24)(H,19,21). The first-order valence-electron chi connectivity index (χ1n) is 8.04. The largest absolute Gasteiger partial charge is 0.469 e. The number of fused-ring (bicyclic) bond motifs is 1. The van der Waals surface area contributed by atoms with Crippen molar-refractivity contribution in [1.29, 1.82) is 0 Å². The van der Waals surface area contributed by atoms with Crippen molar-refractivity contribution in [2.75, 3.05) is 7.11 Å². The van der Waals surface area contributed by atoms with Gasteiger partial charge in [-0.05, 0) is 43.3 Å². The summed E-state index contributed by atoms with van der Waals surface area (Å²) in [6.07, 6.45) is 4.85. The molecule has 1 aromatic carbocycles. The van der Waals surface area contributed by atoms with Crippen molar-refractivity contribution in [1.82, 2.24) is 10.3 Å². The monoisotopic (exact) mass is 348 g/mol. The van der Waals surface area contributed by atoms with Gasteiger partial charge in [0.05, 0.1) is 24.6 Å². The normalized spacial score (nSPS) is 16.7. The van der Waals surface area contributed by atoms with Crippen LogP contribution < -0.4 is 5.32 Å². The summed E-state index contributed by atoms with van der Waals surface area (Å²) in [6.45, 7) is 0. The fourth-order valence-electron chi connectivity index (χ4n) is 3.32. The smallest absolute Gasteiger partial charge is 0.307 e. The maximum Gasteiger partial charge on any atom is 0.307 e. The molecule has 0 bridgehead atoms. The van der Waals surface area contributed by atoms with E-state index in [1.54, 1.807) is 18.2 Å². The highest BCUT2D eigenvalue weighted by Crippen LogP contribution is 2.32. The van der Waals surface area contributed by atoms with Crippen LogP contribution in [0.15, 0.2) is 22.6 Å². The van der Waals surface area contributed by atoms with E-state index in [0.29, 0.717) is 11.1 Å². The summed E-state index contributed by atoms with van der Waals surface area (Å²) < 4.78 is 10.2. The number of amides is 1. The van der Waals surface area contributed by atoms with E-state index in [9.17, 15) is 9.59 Å². The van der Waals surface area contributed by atoms with Crippen molar-refractivity contribution in [2.45, 2.75) is 44.1 Å². The first-order chi connectivity index (χ1) is 11.5. The van der Waals surface area contributed by atoms with E-state index >= 15 is 0 Å². The highest BCUT2D eigenvalue weighted by Gasteiger charge is 2.36. The second kappa shape index (κ2) is 6.76. The Bertz CT molecular complexity index is 817. The zero-order valence-electron chi connectivity index (χ0n) is 13.5. The number of hydrogen-bond donors (Lipinski definition) is 2. The quantitative estimate of drug-likeness (QED) is 0.653. The molecule has 0 saturated heterocycles. The summed E-state index contributed by atoms with van der Waals surface area (Å²) in [6, 6.07) is 5.14. The van der Waals surface area contributed by atoms with Crippen LogP contribution in [0, 0.1) is 4.84 Å². The maximum absolute atomic E-state index is 12.7. The Morgan fingerprint density at radius 1 is 1.33 bits per heavy atom. The van der Waals surface area contributed by atoms with Crippen LogP contribution in [-0.2, 0) is 9.53 Å². The van der Waals surface area contributed by atoms with E-state index in [1.807, 2.05) is 0 Å². The van der Waals surface area contributed by atoms with E-state index in [4.69, 9.17) is 21.4 Å². The molecule has 0 unspecified atom stereocenters. The van der Waals surface area contributed by atoms with E-state index < -0.39 is 5.54 Å². The molecule has 1 aromatic heterocycles. The van der Waals surface area contributed by atoms with Gasteiger partial charge in [-0.2, -0.15) is 0 Å². The third-order valence-corrected chi connectivity index (χ3v) is 4.77. The van der Waals surface area contributed by atoms with E-state index in [1.165, 1.54) is 7.11 Å². The molecule has 2 aromatic rings. The van der Waals surface area contributed by atoms with Crippen LogP contribution in [0.3, 0.4) is 0 Å². The number of methoxy groups -OCH3 is 1. The van der Waals surface area contributed by atoms with E-state index in [-0.39, 0.29) is 23.1 Å². The molecular formula is C17H20N2O4S. The lowest BCUT2D eigenvalue weighted by atomic mass is 9.79. The van der Waals surface area contributed by atoms with Crippen molar-refractivity contribution in [3.8, 4) is 0 Å². The predicted octanol–water partition coefficient (Wildman–Crippen LogP) is 3.49. The van der Waals surface area contributed by atoms with Crippen molar-refractivity contribution >= 4 is 35.2 Å². The molecule has 1 amide bonds. The fraction of sp³-hybridized carbons (Fsp3) is 0.471. The van der Waals surface area contributed by atoms with Crippen molar-refractivity contribution < 1.29 is 18.7 Å². The Hall–Kier alpha value is -2.15. The van der Waals surface area contributed by atoms with Crippen molar-refractivity contribution in [2.24, 2.45) is 0 Å². The fourth-order valence-corrected chi connectivity index (χ4v) is 3.52. The number of carbonyl (C=O) groups is 2. The van der Waals surface area contributed by atoms with Gasteiger partial charge in [0, 0.05) is 5.56 Å². The molecule has 7 heteroatoms. The van der Waals surface area contributed by atoms with Gasteiger partial charge in [-0.15, -0.1) is 0 Å². The van der Waals surface area contributed by atoms with Gasteiger partial charge in [-0.25, -0.2) is 0 Å². The second-order valence-electron chi connectivity index (χ2n) is 6.27. The summed E-state index contributed by atoms with van der Waals surface area (Å²) in [5, 5.41) is 3.07. The Labute approximate surface area is 144 Å². The highest BCUT2D eigenvalue weighted by atomic mass is 32.1. The zero-order chi connectivity index (χ0) is 17.2. The summed E-state index contributed by atoms with van der Waals surface area (Å²) in [5.41, 5.74) is 1.24. The zero-order valence-corrected chi connectivity index (χ0v) is 14.3. The van der Waals surface area contributed by atoms with Crippen LogP contribution in [0.1, 0.15) is 48.9 Å². The minimum Gasteiger partial charge on any atom is -0.469 e. The Kier molecular flexibility index (Phi) is 4.71. The van der Waals surface area contributed by atoms with Gasteiger partial charge in [0.1, 0.15) is 0 Å². The lowest BCUT2D eigenvalue weighted by Crippen LogP contribution is -2.51. The third kappa shape index (κ3) is 3.51. The number of ether oxygens (including phenoxy) is 1. The van der Waals surface area contributed by atoms with E-state index in [2.05, 4.69) is 10.3 Å². The lowest BCUT2D eigenvalue weighted by Gasteiger charge is -2.37. The van der Waals surface area contributed by atoms with Gasteiger partial charge in [0.25, 0.3) is 10.7 Å². The predicted molar refractivity (Wildman–Crippen MR) is 91.3 cm³/mol. The van der Waals surface area contributed by atoms with Crippen LogP contribution in [0.4, 0.5) is 0 Å². The van der Waals surface area contributed by atoms with Crippen molar-refractivity contribution in [3.05, 3.63) is 28.6 Å². The Morgan fingerprint density at radius 2 is 2.08 bits per heavy atom. The van der Waals surface area contributed by atoms with Crippen LogP contribution in [0.25, 0.3) is 11.1 Å². The first kappa shape index (κ1) is 16.7. The minimum atomic E-state index is -0.532. The van der Waals surface area contributed by atoms with Crippen LogP contribution >= 0.6 is 12.2 Å². The minimum absolute atomic E-state index is 0.197. The average molecular weight is 348 g/mol. The molecule has 1 aliphatic rings. The molecule has 0 radical (unpaired) electrons. The van der Waals surface area contributed by atoms with Gasteiger partial charge >= 0.3 is 5.97 Å². The van der Waals surface area contributed by atoms with Crippen LogP contribution in [0.5, 0.6) is 0 Å². The number of oxazole rings is 1. The van der Waals surface area contributed by atoms with Gasteiger partial charge in [0.2, 0.25) is 0 Å². The average Bonchev–Trinajstić information content (AvgIpc) is 2.94. The third-order valence-electron chi connectivity index (χ3n) is 4.58. The number of rotatable bonds is 4. The lowest BCUT2D eigenvalue weighted by molar-refractivity contribution is -0.142. The number of nitrogens with one attached hydrogen (secondary N) is 2. The molecular weight excluding hydrogens is 328 g/mol. The Morgan fingerprint density at radius 3 is 2.79 bits per heavy atom. The van der Waals surface area contributed by atoms with Crippen LogP contribution in [-0.4, -0.2) is 29.5 Å². The topological polar surface area (TPSA) is 84.3 Å². The van der Waals surface area contributed by atoms with Crippen molar-refractivity contribution in [3.63, 3.8) is 0 Å². The maximum atomic E-state index is 12.7. The van der Waals surface area contributed by atoms with Gasteiger partial charge in [-0.1, -0.05) is 19.3 Å². The molecule has 1 fully saturated rings. The molecule has 0 spiro atoms. The molecule has 1 saturated carbocycles. The van der Waals surface area contributed by atoms with Crippen LogP contribution in [0.2, 0.25) is 0 Å². The number of esters is 1. The highest BCUT2D eigenvalue weighted by molar-refractivity contribution is 7.71. The number of aromatic amines is 1. The first-order valence-corrected chi connectivity index (χ1v) is 8.44. The van der Waals surface area contributed by atoms with Gasteiger partial charge in [-0.3, -0.25) is 9.59 Å². The van der Waals surface area contributed by atoms with Gasteiger partial charge in [0.15, 0.2) is 5.58 Å². The molecule has 6 nitrogen and oxygen atoms in total. The summed E-state index contributed by atoms with van der Waals surface area (Å²) in [4.78, 5) is 27.7. The van der Waals surface area contributed by atoms with E-state index in [0.717, 1.165) is 37.6 Å². The Balaban J connectivity index is 1.83. The summed E-state index contributed by atoms with van der Waals surface area (Å²) in [5.74, 6) is -0.519. The molecule has 3 rings (SSSR count). The molecule has 0 aliphatic heterocycles. The number of benzene rings is 1. The number of hydrogen-bond acceptors (Lipinski definition) is 5. The molecule has 0 atom stereocenters. The molecule has 24 heavy (non-hydrogen) atoms. The summed E-state index contributed by atoms with van der Waals surface area (Å²) >= 11 is 4.96. The molecule has 1 aliphatic carbocycles. The number of aromatic nitrogens is 1. The molecule has 1 heterocycles. The SMILES string of the molecule is COC(=O)CC1(NC(=O)c2ccc3[nH]c(=S)oc3c2)CCCCC1. The molecule has 2 N–H and O–H groups in total. The molecule has 128 valence electrons. The number of H-pyrrole nitrogens is 1. The number of carbonyl (C=O) groups excluding carboxylic acids is 2.